The third-order valence-corrected chi connectivity index (χ3v) is 9.48. The van der Waals surface area contributed by atoms with Gasteiger partial charge < -0.3 is 18.0 Å². The molecule has 1 aliphatic heterocycles. The summed E-state index contributed by atoms with van der Waals surface area (Å²) in [4.78, 5) is 0. The van der Waals surface area contributed by atoms with E-state index in [-0.39, 0.29) is 10.8 Å². The Balaban J connectivity index is 3.07. The van der Waals surface area contributed by atoms with Crippen LogP contribution in [-0.2, 0) is 18.0 Å². The first-order valence-electron chi connectivity index (χ1n) is 7.77. The van der Waals surface area contributed by atoms with E-state index in [9.17, 15) is 0 Å². The molecule has 2 unspecified atom stereocenters. The third kappa shape index (κ3) is 4.02. The van der Waals surface area contributed by atoms with Gasteiger partial charge in [-0.3, -0.25) is 0 Å². The zero-order valence-electron chi connectivity index (χ0n) is 13.4. The Bertz CT molecular complexity index is 276. The smallest absolute Gasteiger partial charge is 0.379 e. The summed E-state index contributed by atoms with van der Waals surface area (Å²) < 4.78 is 24.3. The van der Waals surface area contributed by atoms with E-state index >= 15 is 0 Å². The monoisotopic (exact) mass is 318 g/mol. The molecule has 0 radical (unpaired) electrons. The van der Waals surface area contributed by atoms with Gasteiger partial charge in [0.1, 0.15) is 0 Å². The molecule has 0 N–H and O–H groups in total. The van der Waals surface area contributed by atoms with Gasteiger partial charge in [0.2, 0.25) is 0 Å². The maximum atomic E-state index is 6.15. The Hall–Kier alpha value is 0.0138. The standard InChI is InChI=1S/C14H30O4Si2/c1-5-13(14(19)11-9-10-12-15-14)20(16-6-2,17-7-3)18-8-4/h5,13H,1,6-12H2,2-4,19H3. The fourth-order valence-corrected chi connectivity index (χ4v) is 8.08. The number of rotatable bonds is 9. The molecule has 0 aromatic rings. The first-order valence-corrected chi connectivity index (χ1v) is 10.6. The third-order valence-electron chi connectivity index (χ3n) is 3.81. The van der Waals surface area contributed by atoms with Crippen molar-refractivity contribution in [2.45, 2.75) is 50.8 Å². The predicted molar refractivity (Wildman–Crippen MR) is 87.1 cm³/mol. The van der Waals surface area contributed by atoms with Gasteiger partial charge in [0.05, 0.1) is 10.8 Å². The second-order valence-electron chi connectivity index (χ2n) is 5.23. The normalized spacial score (nSPS) is 25.6. The molecule has 1 rings (SSSR count). The highest BCUT2D eigenvalue weighted by Gasteiger charge is 2.56. The van der Waals surface area contributed by atoms with Gasteiger partial charge in [0.25, 0.3) is 0 Å². The van der Waals surface area contributed by atoms with Gasteiger partial charge in [-0.05, 0) is 40.0 Å². The number of ether oxygens (including phenoxy) is 1. The summed E-state index contributed by atoms with van der Waals surface area (Å²) >= 11 is 0. The summed E-state index contributed by atoms with van der Waals surface area (Å²) in [5, 5.41) is -0.161. The van der Waals surface area contributed by atoms with E-state index in [0.717, 1.165) is 29.7 Å². The lowest BCUT2D eigenvalue weighted by molar-refractivity contribution is -0.0382. The highest BCUT2D eigenvalue weighted by Crippen LogP contribution is 2.42. The Kier molecular flexibility index (Phi) is 7.64. The van der Waals surface area contributed by atoms with Crippen molar-refractivity contribution in [2.75, 3.05) is 26.4 Å². The molecule has 4 nitrogen and oxygen atoms in total. The first-order chi connectivity index (χ1) is 9.58. The fraction of sp³-hybridized carbons (Fsp3) is 0.857. The molecule has 0 bridgehead atoms. The van der Waals surface area contributed by atoms with E-state index in [1.807, 2.05) is 26.8 Å². The number of hydrogen-bond donors (Lipinski definition) is 0. The number of hydrogen-bond acceptors (Lipinski definition) is 4. The van der Waals surface area contributed by atoms with Crippen molar-refractivity contribution in [1.82, 2.24) is 0 Å². The van der Waals surface area contributed by atoms with Crippen LogP contribution in [0.4, 0.5) is 0 Å². The lowest BCUT2D eigenvalue weighted by atomic mass is 10.1. The quantitative estimate of drug-likeness (QED) is 0.480. The Morgan fingerprint density at radius 2 is 1.75 bits per heavy atom. The van der Waals surface area contributed by atoms with E-state index in [1.165, 1.54) is 6.42 Å². The van der Waals surface area contributed by atoms with Crippen LogP contribution in [-0.4, -0.2) is 50.7 Å². The zero-order valence-corrected chi connectivity index (χ0v) is 16.4. The van der Waals surface area contributed by atoms with Crippen LogP contribution in [0.25, 0.3) is 0 Å². The molecule has 1 aliphatic rings. The van der Waals surface area contributed by atoms with Gasteiger partial charge >= 0.3 is 8.80 Å². The van der Waals surface area contributed by atoms with Crippen molar-refractivity contribution >= 4 is 19.0 Å². The summed E-state index contributed by atoms with van der Waals surface area (Å²) in [5.74, 6) is 0. The van der Waals surface area contributed by atoms with Gasteiger partial charge in [-0.1, -0.05) is 6.08 Å². The summed E-state index contributed by atoms with van der Waals surface area (Å²) in [6.07, 6.45) is 5.34. The van der Waals surface area contributed by atoms with Crippen LogP contribution in [0, 0.1) is 0 Å². The summed E-state index contributed by atoms with van der Waals surface area (Å²) in [6.45, 7) is 12.6. The molecule has 0 saturated carbocycles. The molecule has 0 amide bonds. The minimum atomic E-state index is -2.79. The van der Waals surface area contributed by atoms with Crippen molar-refractivity contribution in [3.63, 3.8) is 0 Å². The van der Waals surface area contributed by atoms with E-state index < -0.39 is 8.80 Å². The van der Waals surface area contributed by atoms with E-state index in [1.54, 1.807) is 0 Å². The average molecular weight is 319 g/mol. The second-order valence-corrected chi connectivity index (χ2v) is 9.62. The molecule has 20 heavy (non-hydrogen) atoms. The van der Waals surface area contributed by atoms with E-state index in [4.69, 9.17) is 18.0 Å². The summed E-state index contributed by atoms with van der Waals surface area (Å²) in [6, 6.07) is 0. The van der Waals surface area contributed by atoms with Gasteiger partial charge in [-0.25, -0.2) is 0 Å². The maximum Gasteiger partial charge on any atom is 0.510 e. The van der Waals surface area contributed by atoms with Gasteiger partial charge in [-0.15, -0.1) is 6.58 Å². The molecule has 0 aromatic heterocycles. The van der Waals surface area contributed by atoms with Gasteiger partial charge in [0.15, 0.2) is 0 Å². The Morgan fingerprint density at radius 1 is 1.20 bits per heavy atom. The van der Waals surface area contributed by atoms with Crippen LogP contribution in [0.2, 0.25) is 5.54 Å². The van der Waals surface area contributed by atoms with Crippen molar-refractivity contribution < 1.29 is 18.0 Å². The first kappa shape index (κ1) is 18.1. The summed E-state index contributed by atoms with van der Waals surface area (Å²) in [7, 11) is -1.87. The van der Waals surface area contributed by atoms with Crippen LogP contribution in [0.1, 0.15) is 40.0 Å². The molecule has 2 atom stereocenters. The lowest BCUT2D eigenvalue weighted by Crippen LogP contribution is -2.59. The predicted octanol–water partition coefficient (Wildman–Crippen LogP) is 1.85. The molecule has 0 aromatic carbocycles. The molecule has 1 heterocycles. The van der Waals surface area contributed by atoms with Crippen LogP contribution in [0.3, 0.4) is 0 Å². The minimum Gasteiger partial charge on any atom is -0.379 e. The van der Waals surface area contributed by atoms with Crippen molar-refractivity contribution in [2.24, 2.45) is 0 Å². The minimum absolute atomic E-state index is 0.0295. The Morgan fingerprint density at radius 3 is 2.10 bits per heavy atom. The molecular weight excluding hydrogens is 288 g/mol. The average Bonchev–Trinajstić information content (AvgIpc) is 2.41. The summed E-state index contributed by atoms with van der Waals surface area (Å²) in [5.41, 5.74) is 0.0295. The van der Waals surface area contributed by atoms with Crippen molar-refractivity contribution in [1.29, 1.82) is 0 Å². The molecule has 118 valence electrons. The molecule has 0 aliphatic carbocycles. The van der Waals surface area contributed by atoms with Crippen LogP contribution < -0.4 is 0 Å². The molecule has 6 heteroatoms. The lowest BCUT2D eigenvalue weighted by Gasteiger charge is -2.45. The molecule has 1 saturated heterocycles. The fourth-order valence-electron chi connectivity index (χ4n) is 2.97. The van der Waals surface area contributed by atoms with Crippen LogP contribution >= 0.6 is 0 Å². The zero-order chi connectivity index (χ0) is 15.1. The maximum absolute atomic E-state index is 6.15. The topological polar surface area (TPSA) is 36.9 Å². The van der Waals surface area contributed by atoms with Crippen LogP contribution in [0.5, 0.6) is 0 Å². The van der Waals surface area contributed by atoms with Crippen LogP contribution in [0.15, 0.2) is 12.7 Å². The van der Waals surface area contributed by atoms with Gasteiger partial charge in [0, 0.05) is 36.7 Å². The van der Waals surface area contributed by atoms with Crippen molar-refractivity contribution in [3.05, 3.63) is 12.7 Å². The van der Waals surface area contributed by atoms with E-state index in [0.29, 0.717) is 19.8 Å². The van der Waals surface area contributed by atoms with E-state index in [2.05, 4.69) is 6.58 Å². The largest absolute Gasteiger partial charge is 0.510 e. The highest BCUT2D eigenvalue weighted by molar-refractivity contribution is 6.64. The molecule has 0 spiro atoms. The highest BCUT2D eigenvalue weighted by atomic mass is 28.4. The molecule has 1 fully saturated rings. The van der Waals surface area contributed by atoms with Gasteiger partial charge in [-0.2, -0.15) is 0 Å². The Labute approximate surface area is 127 Å². The SMILES string of the molecule is C=CC(C1([SiH3])CCCCO1)[Si](OCC)(OCC)OCC. The molecular formula is C14H30O4Si2. The van der Waals surface area contributed by atoms with Crippen molar-refractivity contribution in [3.8, 4) is 0 Å². The second kappa shape index (κ2) is 8.45.